The highest BCUT2D eigenvalue weighted by Crippen LogP contribution is 2.22. The summed E-state index contributed by atoms with van der Waals surface area (Å²) in [7, 11) is 0. The van der Waals surface area contributed by atoms with Crippen LogP contribution in [0.3, 0.4) is 0 Å². The Bertz CT molecular complexity index is 862. The monoisotopic (exact) mass is 353 g/mol. The molecule has 1 aromatic heterocycles. The molecule has 134 valence electrons. The van der Waals surface area contributed by atoms with E-state index in [0.717, 1.165) is 6.29 Å². The number of hydrogen-bond acceptors (Lipinski definition) is 8. The molecule has 1 aromatic carbocycles. The number of benzene rings is 1. The van der Waals surface area contributed by atoms with Gasteiger partial charge in [0.1, 0.15) is 17.7 Å². The lowest BCUT2D eigenvalue weighted by Crippen LogP contribution is -2.44. The molecule has 0 radical (unpaired) electrons. The average Bonchev–Trinajstić information content (AvgIpc) is 2.66. The molecule has 0 aliphatic carbocycles. The first-order chi connectivity index (χ1) is 12.4. The van der Waals surface area contributed by atoms with E-state index in [0.29, 0.717) is 11.3 Å². The van der Waals surface area contributed by atoms with E-state index < -0.39 is 5.91 Å². The summed E-state index contributed by atoms with van der Waals surface area (Å²) in [5.74, 6) is 5.23. The maximum Gasteiger partial charge on any atom is 0.254 e. The summed E-state index contributed by atoms with van der Waals surface area (Å²) < 4.78 is 0. The summed E-state index contributed by atoms with van der Waals surface area (Å²) in [6.07, 6.45) is 2.05. The normalized spacial score (nSPS) is 12.5. The molecule has 26 heavy (non-hydrogen) atoms. The Morgan fingerprint density at radius 1 is 1.42 bits per heavy atom. The second kappa shape index (κ2) is 8.04. The molecule has 0 fully saturated rings. The molecule has 0 saturated heterocycles. The molecule has 1 unspecified atom stereocenters. The quantitative estimate of drug-likeness (QED) is 0.380. The molecule has 2 aromatic rings. The number of amides is 1. The topological polar surface area (TPSA) is 151 Å². The van der Waals surface area contributed by atoms with Gasteiger partial charge in [0.15, 0.2) is 0 Å². The minimum Gasteiger partial charge on any atom is -0.365 e. The Balaban J connectivity index is 2.41. The Hall–Kier alpha value is -3.51. The zero-order chi connectivity index (χ0) is 19.3. The van der Waals surface area contributed by atoms with Crippen molar-refractivity contribution in [1.29, 1.82) is 5.26 Å². The summed E-state index contributed by atoms with van der Waals surface area (Å²) in [6.45, 7) is 3.48. The van der Waals surface area contributed by atoms with Gasteiger partial charge in [0.2, 0.25) is 5.95 Å². The molecule has 0 saturated carbocycles. The summed E-state index contributed by atoms with van der Waals surface area (Å²) in [5.41, 5.74) is 6.44. The molecule has 2 atom stereocenters. The number of nitrogens with zero attached hydrogens (tertiary/aromatic N) is 4. The first kappa shape index (κ1) is 18.8. The predicted octanol–water partition coefficient (Wildman–Crippen LogP) is 1.09. The van der Waals surface area contributed by atoms with Crippen molar-refractivity contribution in [2.75, 3.05) is 10.3 Å². The molecule has 0 bridgehead atoms. The van der Waals surface area contributed by atoms with Crippen molar-refractivity contribution in [3.05, 3.63) is 41.6 Å². The third-order valence-corrected chi connectivity index (χ3v) is 3.94. The van der Waals surface area contributed by atoms with Crippen LogP contribution in [0.1, 0.15) is 29.8 Å². The first-order valence-electron chi connectivity index (χ1n) is 7.80. The smallest absolute Gasteiger partial charge is 0.254 e. The number of primary amides is 1. The fraction of sp³-hybridized carbons (Fsp3) is 0.235. The standard InChI is InChI=1S/C17H19N7O2/c1-10(9-25)11(2)24(20)17-21-8-14(15(19)26)16(23-17)22-13-5-3-4-12(6-13)7-18/h3-6,8-11H,20H2,1-2H3,(H2,19,26)(H,21,22,23)/t10?,11-/m1/s1. The van der Waals surface area contributed by atoms with Crippen molar-refractivity contribution in [3.8, 4) is 6.07 Å². The van der Waals surface area contributed by atoms with Gasteiger partial charge in [0, 0.05) is 17.8 Å². The van der Waals surface area contributed by atoms with E-state index in [4.69, 9.17) is 16.8 Å². The van der Waals surface area contributed by atoms with Crippen molar-refractivity contribution in [3.63, 3.8) is 0 Å². The third kappa shape index (κ3) is 4.12. The lowest BCUT2D eigenvalue weighted by molar-refractivity contribution is -0.111. The summed E-state index contributed by atoms with van der Waals surface area (Å²) in [5, 5.41) is 13.2. The molecule has 0 aliphatic rings. The van der Waals surface area contributed by atoms with Crippen molar-refractivity contribution in [2.24, 2.45) is 17.5 Å². The summed E-state index contributed by atoms with van der Waals surface area (Å²) >= 11 is 0. The lowest BCUT2D eigenvalue weighted by atomic mass is 10.1. The van der Waals surface area contributed by atoms with Crippen LogP contribution in [0.2, 0.25) is 0 Å². The van der Waals surface area contributed by atoms with Crippen LogP contribution in [0.4, 0.5) is 17.5 Å². The van der Waals surface area contributed by atoms with Crippen LogP contribution in [0.5, 0.6) is 0 Å². The minimum atomic E-state index is -0.714. The average molecular weight is 353 g/mol. The van der Waals surface area contributed by atoms with Gasteiger partial charge >= 0.3 is 0 Å². The van der Waals surface area contributed by atoms with Crippen molar-refractivity contribution in [2.45, 2.75) is 19.9 Å². The van der Waals surface area contributed by atoms with Gasteiger partial charge < -0.3 is 15.8 Å². The van der Waals surface area contributed by atoms with Crippen LogP contribution in [-0.2, 0) is 4.79 Å². The number of aldehydes is 1. The zero-order valence-corrected chi connectivity index (χ0v) is 14.4. The Kier molecular flexibility index (Phi) is 5.82. The Morgan fingerprint density at radius 2 is 2.15 bits per heavy atom. The minimum absolute atomic E-state index is 0.0700. The van der Waals surface area contributed by atoms with Gasteiger partial charge in [-0.05, 0) is 25.1 Å². The summed E-state index contributed by atoms with van der Waals surface area (Å²) in [6, 6.07) is 8.32. The number of nitriles is 1. The number of anilines is 3. The number of aromatic nitrogens is 2. The maximum absolute atomic E-state index is 11.7. The van der Waals surface area contributed by atoms with E-state index in [9.17, 15) is 9.59 Å². The SMILES string of the molecule is CC(C=O)[C@@H](C)N(N)c1ncc(C(N)=O)c(Nc2cccc(C#N)c2)n1. The van der Waals surface area contributed by atoms with Crippen LogP contribution < -0.4 is 21.9 Å². The molecule has 0 spiro atoms. The number of nitrogens with two attached hydrogens (primary N) is 2. The molecule has 0 aliphatic heterocycles. The van der Waals surface area contributed by atoms with E-state index in [-0.39, 0.29) is 29.3 Å². The summed E-state index contributed by atoms with van der Waals surface area (Å²) in [4.78, 5) is 31.0. The number of hydrogen-bond donors (Lipinski definition) is 3. The van der Waals surface area contributed by atoms with Crippen molar-refractivity contribution >= 4 is 29.6 Å². The van der Waals surface area contributed by atoms with E-state index in [1.54, 1.807) is 38.1 Å². The molecule has 9 heteroatoms. The highest BCUT2D eigenvalue weighted by molar-refractivity contribution is 5.98. The highest BCUT2D eigenvalue weighted by atomic mass is 16.1. The number of hydrazine groups is 1. The second-order valence-corrected chi connectivity index (χ2v) is 5.76. The van der Waals surface area contributed by atoms with Crippen LogP contribution in [-0.4, -0.2) is 28.2 Å². The number of nitrogens with one attached hydrogen (secondary N) is 1. The van der Waals surface area contributed by atoms with Crippen LogP contribution >= 0.6 is 0 Å². The molecule has 1 heterocycles. The predicted molar refractivity (Wildman–Crippen MR) is 96.3 cm³/mol. The third-order valence-electron chi connectivity index (χ3n) is 3.94. The maximum atomic E-state index is 11.7. The van der Waals surface area contributed by atoms with E-state index >= 15 is 0 Å². The highest BCUT2D eigenvalue weighted by Gasteiger charge is 2.21. The Morgan fingerprint density at radius 3 is 2.77 bits per heavy atom. The second-order valence-electron chi connectivity index (χ2n) is 5.76. The zero-order valence-electron chi connectivity index (χ0n) is 14.4. The fourth-order valence-electron chi connectivity index (χ4n) is 2.12. The van der Waals surface area contributed by atoms with Crippen LogP contribution in [0.15, 0.2) is 30.5 Å². The van der Waals surface area contributed by atoms with Gasteiger partial charge in [-0.2, -0.15) is 10.2 Å². The van der Waals surface area contributed by atoms with Crippen LogP contribution in [0, 0.1) is 17.2 Å². The molecule has 2 rings (SSSR count). The molecule has 9 nitrogen and oxygen atoms in total. The largest absolute Gasteiger partial charge is 0.365 e. The molecular weight excluding hydrogens is 334 g/mol. The molecule has 1 amide bonds. The van der Waals surface area contributed by atoms with E-state index in [2.05, 4.69) is 15.3 Å². The number of carbonyl (C=O) groups is 2. The number of rotatable bonds is 7. The van der Waals surface area contributed by atoms with Crippen molar-refractivity contribution < 1.29 is 9.59 Å². The first-order valence-corrected chi connectivity index (χ1v) is 7.80. The number of carbonyl (C=O) groups excluding carboxylic acids is 2. The van der Waals surface area contributed by atoms with Gasteiger partial charge in [-0.1, -0.05) is 13.0 Å². The molecular formula is C17H19N7O2. The van der Waals surface area contributed by atoms with Gasteiger partial charge in [-0.25, -0.2) is 10.8 Å². The van der Waals surface area contributed by atoms with Crippen molar-refractivity contribution in [1.82, 2.24) is 9.97 Å². The van der Waals surface area contributed by atoms with E-state index in [1.807, 2.05) is 6.07 Å². The van der Waals surface area contributed by atoms with Crippen LogP contribution in [0.25, 0.3) is 0 Å². The fourth-order valence-corrected chi connectivity index (χ4v) is 2.12. The van der Waals surface area contributed by atoms with Gasteiger partial charge in [0.25, 0.3) is 5.91 Å². The van der Waals surface area contributed by atoms with E-state index in [1.165, 1.54) is 11.2 Å². The lowest BCUT2D eigenvalue weighted by Gasteiger charge is -2.26. The van der Waals surface area contributed by atoms with Gasteiger partial charge in [-0.15, -0.1) is 0 Å². The Labute approximate surface area is 150 Å². The van der Waals surface area contributed by atoms with Gasteiger partial charge in [-0.3, -0.25) is 9.80 Å². The van der Waals surface area contributed by atoms with Gasteiger partial charge in [0.05, 0.1) is 17.7 Å². The molecule has 5 N–H and O–H groups in total.